The molecular weight excluding hydrogens is 408 g/mol. The van der Waals surface area contributed by atoms with E-state index in [0.29, 0.717) is 31.9 Å². The fourth-order valence-electron chi connectivity index (χ4n) is 3.78. The van der Waals surface area contributed by atoms with Crippen molar-refractivity contribution in [3.63, 3.8) is 0 Å². The molecule has 3 rings (SSSR count). The summed E-state index contributed by atoms with van der Waals surface area (Å²) in [6, 6.07) is 6.14. The van der Waals surface area contributed by atoms with Crippen molar-refractivity contribution in [3.8, 4) is 0 Å². The molecule has 2 aliphatic heterocycles. The van der Waals surface area contributed by atoms with Gasteiger partial charge in [0, 0.05) is 31.9 Å². The van der Waals surface area contributed by atoms with E-state index in [1.54, 1.807) is 26.0 Å². The molecule has 0 saturated carbocycles. The number of anilines is 1. The van der Waals surface area contributed by atoms with Crippen molar-refractivity contribution < 1.29 is 22.7 Å². The van der Waals surface area contributed by atoms with Crippen LogP contribution in [0.3, 0.4) is 0 Å². The summed E-state index contributed by atoms with van der Waals surface area (Å²) in [6.07, 6.45) is -0.327. The molecule has 0 spiro atoms. The average molecular weight is 439 g/mol. The van der Waals surface area contributed by atoms with Crippen LogP contribution in [0.4, 0.5) is 5.69 Å². The van der Waals surface area contributed by atoms with Crippen LogP contribution in [0.5, 0.6) is 0 Å². The third-order valence-corrected chi connectivity index (χ3v) is 7.36. The first-order valence-corrected chi connectivity index (χ1v) is 11.5. The molecule has 1 aromatic carbocycles. The van der Waals surface area contributed by atoms with Crippen LogP contribution in [0.2, 0.25) is 0 Å². The number of carbonyl (C=O) groups excluding carboxylic acids is 2. The molecule has 2 fully saturated rings. The molecular formula is C20H30N4O5S. The van der Waals surface area contributed by atoms with Gasteiger partial charge in [0.1, 0.15) is 0 Å². The number of hydrogen-bond acceptors (Lipinski definition) is 6. The highest BCUT2D eigenvalue weighted by molar-refractivity contribution is 7.89. The van der Waals surface area contributed by atoms with E-state index >= 15 is 0 Å². The van der Waals surface area contributed by atoms with Crippen LogP contribution in [0.1, 0.15) is 27.7 Å². The second-order valence-corrected chi connectivity index (χ2v) is 10.3. The Bertz CT molecular complexity index is 890. The summed E-state index contributed by atoms with van der Waals surface area (Å²) in [5.74, 6) is -0.368. The molecule has 9 nitrogen and oxygen atoms in total. The maximum Gasteiger partial charge on any atom is 0.243 e. The molecule has 166 valence electrons. The van der Waals surface area contributed by atoms with E-state index in [1.807, 2.05) is 18.7 Å². The molecule has 2 aliphatic rings. The standard InChI is InChI=1S/C20H30N4O5S/c1-14-11-24(12-15(2)29-14)30(27,28)17-7-5-16(6-8-17)22-18(25)13-23-10-9-21-19(26)20(23,3)4/h5-8,14-15H,9-13H2,1-4H3,(H,21,26)(H,22,25). The Morgan fingerprint density at radius 1 is 1.20 bits per heavy atom. The SMILES string of the molecule is CC1CN(S(=O)(=O)c2ccc(NC(=O)CN3CCNC(=O)C3(C)C)cc2)CC(C)O1. The molecule has 0 radical (unpaired) electrons. The zero-order valence-corrected chi connectivity index (χ0v) is 18.7. The largest absolute Gasteiger partial charge is 0.373 e. The minimum Gasteiger partial charge on any atom is -0.373 e. The molecule has 30 heavy (non-hydrogen) atoms. The third-order valence-electron chi connectivity index (χ3n) is 5.51. The Hall–Kier alpha value is -2.01. The molecule has 2 amide bonds. The highest BCUT2D eigenvalue weighted by atomic mass is 32.2. The summed E-state index contributed by atoms with van der Waals surface area (Å²) in [6.45, 7) is 9.04. The summed E-state index contributed by atoms with van der Waals surface area (Å²) in [4.78, 5) is 26.5. The lowest BCUT2D eigenvalue weighted by atomic mass is 9.99. The highest BCUT2D eigenvalue weighted by Crippen LogP contribution is 2.23. The Morgan fingerprint density at radius 2 is 1.80 bits per heavy atom. The molecule has 0 aliphatic carbocycles. The van der Waals surface area contributed by atoms with E-state index in [0.717, 1.165) is 0 Å². The van der Waals surface area contributed by atoms with Crippen molar-refractivity contribution in [3.05, 3.63) is 24.3 Å². The van der Waals surface area contributed by atoms with Crippen molar-refractivity contribution in [1.82, 2.24) is 14.5 Å². The Morgan fingerprint density at radius 3 is 2.40 bits per heavy atom. The molecule has 1 aromatic rings. The van der Waals surface area contributed by atoms with Crippen LogP contribution < -0.4 is 10.6 Å². The summed E-state index contributed by atoms with van der Waals surface area (Å²) in [7, 11) is -3.63. The van der Waals surface area contributed by atoms with E-state index in [4.69, 9.17) is 4.74 Å². The van der Waals surface area contributed by atoms with E-state index in [-0.39, 0.29) is 35.5 Å². The van der Waals surface area contributed by atoms with E-state index in [2.05, 4.69) is 10.6 Å². The second kappa shape index (κ2) is 8.62. The number of amides is 2. The van der Waals surface area contributed by atoms with Gasteiger partial charge < -0.3 is 15.4 Å². The maximum atomic E-state index is 12.9. The lowest BCUT2D eigenvalue weighted by Crippen LogP contribution is -2.62. The predicted octanol–water partition coefficient (Wildman–Crippen LogP) is 0.633. The quantitative estimate of drug-likeness (QED) is 0.698. The molecule has 2 unspecified atom stereocenters. The van der Waals surface area contributed by atoms with Crippen molar-refractivity contribution in [2.45, 2.75) is 50.3 Å². The lowest BCUT2D eigenvalue weighted by molar-refractivity contribution is -0.136. The number of hydrogen-bond donors (Lipinski definition) is 2. The number of ether oxygens (including phenoxy) is 1. The van der Waals surface area contributed by atoms with Crippen molar-refractivity contribution in [2.24, 2.45) is 0 Å². The Balaban J connectivity index is 1.64. The average Bonchev–Trinajstić information content (AvgIpc) is 2.65. The van der Waals surface area contributed by atoms with Crippen molar-refractivity contribution in [2.75, 3.05) is 38.0 Å². The number of carbonyl (C=O) groups is 2. The number of rotatable bonds is 5. The van der Waals surface area contributed by atoms with Gasteiger partial charge in [-0.2, -0.15) is 4.31 Å². The second-order valence-electron chi connectivity index (χ2n) is 8.39. The number of benzene rings is 1. The molecule has 2 N–H and O–H groups in total. The molecule has 0 aromatic heterocycles. The topological polar surface area (TPSA) is 108 Å². The highest BCUT2D eigenvalue weighted by Gasteiger charge is 2.38. The lowest BCUT2D eigenvalue weighted by Gasteiger charge is -2.40. The molecule has 10 heteroatoms. The van der Waals surface area contributed by atoms with E-state index in [9.17, 15) is 18.0 Å². The number of piperazine rings is 1. The number of morpholine rings is 1. The predicted molar refractivity (Wildman–Crippen MR) is 113 cm³/mol. The summed E-state index contributed by atoms with van der Waals surface area (Å²) in [5, 5.41) is 5.57. The fraction of sp³-hybridized carbons (Fsp3) is 0.600. The van der Waals surface area contributed by atoms with Gasteiger partial charge in [0.15, 0.2) is 0 Å². The van der Waals surface area contributed by atoms with Crippen LogP contribution in [-0.4, -0.2) is 79.9 Å². The van der Waals surface area contributed by atoms with Gasteiger partial charge in [-0.15, -0.1) is 0 Å². The Kier molecular flexibility index (Phi) is 6.51. The van der Waals surface area contributed by atoms with Crippen LogP contribution in [0.25, 0.3) is 0 Å². The first-order valence-electron chi connectivity index (χ1n) is 10.1. The molecule has 0 bridgehead atoms. The van der Waals surface area contributed by atoms with Crippen LogP contribution >= 0.6 is 0 Å². The summed E-state index contributed by atoms with van der Waals surface area (Å²) >= 11 is 0. The summed E-state index contributed by atoms with van der Waals surface area (Å²) < 4.78 is 32.9. The van der Waals surface area contributed by atoms with Gasteiger partial charge in [0.2, 0.25) is 21.8 Å². The Labute approximate surface area is 177 Å². The third kappa shape index (κ3) is 4.83. The molecule has 2 atom stereocenters. The van der Waals surface area contributed by atoms with Crippen molar-refractivity contribution >= 4 is 27.5 Å². The normalized spacial score (nSPS) is 25.5. The summed E-state index contributed by atoms with van der Waals surface area (Å²) in [5.41, 5.74) is -0.262. The minimum absolute atomic E-state index is 0.0734. The maximum absolute atomic E-state index is 12.9. The van der Waals surface area contributed by atoms with Gasteiger partial charge >= 0.3 is 0 Å². The van der Waals surface area contributed by atoms with Crippen LogP contribution in [-0.2, 0) is 24.3 Å². The van der Waals surface area contributed by atoms with Gasteiger partial charge in [-0.25, -0.2) is 8.42 Å². The zero-order chi connectivity index (χ0) is 22.1. The van der Waals surface area contributed by atoms with Gasteiger partial charge in [0.25, 0.3) is 0 Å². The van der Waals surface area contributed by atoms with Gasteiger partial charge in [-0.05, 0) is 52.0 Å². The van der Waals surface area contributed by atoms with Gasteiger partial charge in [-0.1, -0.05) is 0 Å². The minimum atomic E-state index is -3.63. The smallest absolute Gasteiger partial charge is 0.243 e. The number of nitrogens with one attached hydrogen (secondary N) is 2. The number of sulfonamides is 1. The van der Waals surface area contributed by atoms with Crippen molar-refractivity contribution in [1.29, 1.82) is 0 Å². The monoisotopic (exact) mass is 438 g/mol. The number of nitrogens with zero attached hydrogens (tertiary/aromatic N) is 2. The first-order chi connectivity index (χ1) is 14.0. The van der Waals surface area contributed by atoms with Crippen LogP contribution in [0.15, 0.2) is 29.2 Å². The molecule has 2 saturated heterocycles. The van der Waals surface area contributed by atoms with E-state index in [1.165, 1.54) is 16.4 Å². The van der Waals surface area contributed by atoms with Gasteiger partial charge in [0.05, 0.1) is 29.2 Å². The molecule has 2 heterocycles. The van der Waals surface area contributed by atoms with Gasteiger partial charge in [-0.3, -0.25) is 14.5 Å². The first kappa shape index (κ1) is 22.7. The van der Waals surface area contributed by atoms with E-state index < -0.39 is 15.6 Å². The zero-order valence-electron chi connectivity index (χ0n) is 17.8. The fourth-order valence-corrected chi connectivity index (χ4v) is 5.37. The van der Waals surface area contributed by atoms with Crippen LogP contribution in [0, 0.1) is 0 Å².